The van der Waals surface area contributed by atoms with Gasteiger partial charge in [-0.05, 0) is 48.8 Å². The number of benzene rings is 1. The molecule has 0 radical (unpaired) electrons. The number of thiophene rings is 1. The first-order chi connectivity index (χ1) is 12.6. The Morgan fingerprint density at radius 3 is 2.85 bits per heavy atom. The molecule has 4 nitrogen and oxygen atoms in total. The number of likely N-dealkylation sites (tertiary alicyclic amines) is 1. The maximum absolute atomic E-state index is 13.1. The molecule has 2 heterocycles. The van der Waals surface area contributed by atoms with E-state index in [2.05, 4.69) is 11.4 Å². The quantitative estimate of drug-likeness (QED) is 0.694. The Labute approximate surface area is 162 Å². The normalized spacial score (nSPS) is 17.2. The zero-order valence-corrected chi connectivity index (χ0v) is 16.2. The van der Waals surface area contributed by atoms with Gasteiger partial charge in [0.25, 0.3) is 5.91 Å². The van der Waals surface area contributed by atoms with Crippen LogP contribution in [0, 0.1) is 5.92 Å². The maximum Gasteiger partial charge on any atom is 0.303 e. The van der Waals surface area contributed by atoms with Crippen molar-refractivity contribution in [3.05, 3.63) is 52.2 Å². The summed E-state index contributed by atoms with van der Waals surface area (Å²) in [6, 6.07) is 12.0. The summed E-state index contributed by atoms with van der Waals surface area (Å²) in [6.07, 6.45) is 2.78. The second-order valence-electron chi connectivity index (χ2n) is 6.56. The molecule has 0 bridgehead atoms. The highest BCUT2D eigenvalue weighted by molar-refractivity contribution is 7.98. The van der Waals surface area contributed by atoms with Gasteiger partial charge >= 0.3 is 5.97 Å². The van der Waals surface area contributed by atoms with Crippen LogP contribution in [0.15, 0.2) is 46.7 Å². The van der Waals surface area contributed by atoms with Gasteiger partial charge < -0.3 is 10.0 Å². The average Bonchev–Trinajstić information content (AvgIpc) is 3.18. The molecule has 3 rings (SSSR count). The van der Waals surface area contributed by atoms with E-state index < -0.39 is 5.97 Å². The lowest BCUT2D eigenvalue weighted by Crippen LogP contribution is -2.40. The molecule has 26 heavy (non-hydrogen) atoms. The van der Waals surface area contributed by atoms with Crippen LogP contribution in [0.3, 0.4) is 0 Å². The predicted octanol–water partition coefficient (Wildman–Crippen LogP) is 4.76. The molecule has 1 amide bonds. The van der Waals surface area contributed by atoms with Crippen molar-refractivity contribution in [1.29, 1.82) is 0 Å². The summed E-state index contributed by atoms with van der Waals surface area (Å²) < 4.78 is 0. The zero-order chi connectivity index (χ0) is 18.4. The highest BCUT2D eigenvalue weighted by Crippen LogP contribution is 2.30. The summed E-state index contributed by atoms with van der Waals surface area (Å²) in [5, 5.41) is 11.0. The molecule has 1 aliphatic heterocycles. The van der Waals surface area contributed by atoms with Gasteiger partial charge in [-0.1, -0.05) is 18.2 Å². The largest absolute Gasteiger partial charge is 0.481 e. The van der Waals surface area contributed by atoms with Crippen LogP contribution < -0.4 is 0 Å². The summed E-state index contributed by atoms with van der Waals surface area (Å²) in [5.74, 6) is 0.459. The smallest absolute Gasteiger partial charge is 0.303 e. The van der Waals surface area contributed by atoms with E-state index >= 15 is 0 Å². The van der Waals surface area contributed by atoms with Crippen LogP contribution in [0.5, 0.6) is 0 Å². The Balaban J connectivity index is 1.66. The topological polar surface area (TPSA) is 57.6 Å². The fraction of sp³-hybridized carbons (Fsp3) is 0.400. The van der Waals surface area contributed by atoms with Crippen LogP contribution in [0.25, 0.3) is 0 Å². The van der Waals surface area contributed by atoms with Gasteiger partial charge in [0.2, 0.25) is 0 Å². The van der Waals surface area contributed by atoms with Crippen molar-refractivity contribution in [3.63, 3.8) is 0 Å². The van der Waals surface area contributed by atoms with Gasteiger partial charge in [-0.25, -0.2) is 0 Å². The Hall–Kier alpha value is -1.79. The Kier molecular flexibility index (Phi) is 6.74. The first kappa shape index (κ1) is 19.0. The minimum Gasteiger partial charge on any atom is -0.481 e. The van der Waals surface area contributed by atoms with Crippen molar-refractivity contribution in [2.24, 2.45) is 5.92 Å². The number of carbonyl (C=O) groups is 2. The maximum atomic E-state index is 13.1. The third-order valence-electron chi connectivity index (χ3n) is 4.64. The number of aliphatic carboxylic acids is 1. The van der Waals surface area contributed by atoms with Gasteiger partial charge in [-0.3, -0.25) is 9.59 Å². The molecule has 2 aromatic rings. The lowest BCUT2D eigenvalue weighted by molar-refractivity contribution is -0.137. The van der Waals surface area contributed by atoms with Gasteiger partial charge in [-0.2, -0.15) is 0 Å². The number of carbonyl (C=O) groups excluding carboxylic acids is 1. The van der Waals surface area contributed by atoms with Crippen LogP contribution in [-0.2, 0) is 10.5 Å². The molecule has 0 aliphatic carbocycles. The third kappa shape index (κ3) is 5.11. The second kappa shape index (κ2) is 9.24. The van der Waals surface area contributed by atoms with Crippen molar-refractivity contribution in [1.82, 2.24) is 4.90 Å². The summed E-state index contributed by atoms with van der Waals surface area (Å²) in [5.41, 5.74) is 0.757. The minimum absolute atomic E-state index is 0.0688. The molecule has 1 fully saturated rings. The summed E-state index contributed by atoms with van der Waals surface area (Å²) >= 11 is 3.43. The minimum atomic E-state index is -0.760. The van der Waals surface area contributed by atoms with E-state index in [1.165, 1.54) is 4.88 Å². The van der Waals surface area contributed by atoms with Gasteiger partial charge in [0, 0.05) is 35.0 Å². The van der Waals surface area contributed by atoms with Gasteiger partial charge in [0.15, 0.2) is 0 Å². The third-order valence-corrected chi connectivity index (χ3v) is 6.82. The van der Waals surface area contributed by atoms with E-state index in [1.807, 2.05) is 35.2 Å². The lowest BCUT2D eigenvalue weighted by atomic mass is 9.93. The monoisotopic (exact) mass is 389 g/mol. The van der Waals surface area contributed by atoms with Gasteiger partial charge in [0.1, 0.15) is 0 Å². The van der Waals surface area contributed by atoms with Crippen molar-refractivity contribution < 1.29 is 14.7 Å². The van der Waals surface area contributed by atoms with E-state index in [0.717, 1.165) is 35.6 Å². The number of piperidine rings is 1. The molecule has 1 aromatic heterocycles. The van der Waals surface area contributed by atoms with Crippen LogP contribution in [-0.4, -0.2) is 35.0 Å². The van der Waals surface area contributed by atoms with Crippen LogP contribution in [0.4, 0.5) is 0 Å². The first-order valence-electron chi connectivity index (χ1n) is 8.89. The molecule has 1 unspecified atom stereocenters. The second-order valence-corrected chi connectivity index (χ2v) is 8.61. The van der Waals surface area contributed by atoms with Crippen LogP contribution in [0.2, 0.25) is 0 Å². The lowest BCUT2D eigenvalue weighted by Gasteiger charge is -2.33. The molecule has 1 aromatic carbocycles. The Bertz CT molecular complexity index is 745. The first-order valence-corrected chi connectivity index (χ1v) is 10.8. The average molecular weight is 390 g/mol. The number of hydrogen-bond acceptors (Lipinski definition) is 4. The molecular weight excluding hydrogens is 366 g/mol. The summed E-state index contributed by atoms with van der Waals surface area (Å²) in [6.45, 7) is 1.42. The standard InChI is InChI=1S/C20H23NO3S2/c22-19(23)10-9-15-5-3-11-21(13-15)20(24)17-7-1-2-8-18(17)26-14-16-6-4-12-25-16/h1-2,4,6-8,12,15H,3,5,9-11,13-14H2,(H,22,23). The fourth-order valence-electron chi connectivity index (χ4n) is 3.30. The highest BCUT2D eigenvalue weighted by atomic mass is 32.2. The summed E-state index contributed by atoms with van der Waals surface area (Å²) in [4.78, 5) is 28.1. The number of nitrogens with zero attached hydrogens (tertiary/aromatic N) is 1. The molecule has 1 saturated heterocycles. The van der Waals surface area contributed by atoms with Gasteiger partial charge in [-0.15, -0.1) is 23.1 Å². The van der Waals surface area contributed by atoms with E-state index in [0.29, 0.717) is 13.0 Å². The van der Waals surface area contributed by atoms with Crippen molar-refractivity contribution in [3.8, 4) is 0 Å². The van der Waals surface area contributed by atoms with E-state index in [1.54, 1.807) is 23.1 Å². The zero-order valence-electron chi connectivity index (χ0n) is 14.6. The Morgan fingerprint density at radius 2 is 2.08 bits per heavy atom. The van der Waals surface area contributed by atoms with E-state index in [-0.39, 0.29) is 18.2 Å². The van der Waals surface area contributed by atoms with E-state index in [9.17, 15) is 9.59 Å². The molecule has 1 atom stereocenters. The van der Waals surface area contributed by atoms with Crippen molar-refractivity contribution in [2.45, 2.75) is 36.3 Å². The molecule has 1 aliphatic rings. The number of thioether (sulfide) groups is 1. The SMILES string of the molecule is O=C(O)CCC1CCCN(C(=O)c2ccccc2SCc2cccs2)C1. The Morgan fingerprint density at radius 1 is 1.23 bits per heavy atom. The molecule has 0 saturated carbocycles. The van der Waals surface area contributed by atoms with Gasteiger partial charge in [0.05, 0.1) is 5.56 Å². The molecule has 0 spiro atoms. The molecule has 6 heteroatoms. The summed E-state index contributed by atoms with van der Waals surface area (Å²) in [7, 11) is 0. The number of rotatable bonds is 7. The number of amides is 1. The van der Waals surface area contributed by atoms with E-state index in [4.69, 9.17) is 5.11 Å². The van der Waals surface area contributed by atoms with Crippen LogP contribution >= 0.6 is 23.1 Å². The molecule has 138 valence electrons. The number of hydrogen-bond donors (Lipinski definition) is 1. The highest BCUT2D eigenvalue weighted by Gasteiger charge is 2.26. The number of carboxylic acids is 1. The predicted molar refractivity (Wildman–Crippen MR) is 106 cm³/mol. The van der Waals surface area contributed by atoms with Crippen LogP contribution in [0.1, 0.15) is 40.9 Å². The fourth-order valence-corrected chi connectivity index (χ4v) is 5.11. The van der Waals surface area contributed by atoms with Crippen molar-refractivity contribution >= 4 is 35.0 Å². The molecular formula is C20H23NO3S2. The number of carboxylic acid groups (broad SMARTS) is 1. The molecule has 1 N–H and O–H groups in total. The van der Waals surface area contributed by atoms with Crippen molar-refractivity contribution in [2.75, 3.05) is 13.1 Å².